The Morgan fingerprint density at radius 2 is 1.93 bits per heavy atom. The Morgan fingerprint density at radius 3 is 2.74 bits per heavy atom. The van der Waals surface area contributed by atoms with Crippen molar-refractivity contribution in [2.45, 2.75) is 25.9 Å². The maximum Gasteiger partial charge on any atom is 0.264 e. The molecule has 0 saturated carbocycles. The molecule has 11 heteroatoms. The van der Waals surface area contributed by atoms with Crippen LogP contribution in [0.4, 0.5) is 0 Å². The fourth-order valence-electron chi connectivity index (χ4n) is 6.03. The number of carbonyl (C=O) groups is 1. The van der Waals surface area contributed by atoms with Gasteiger partial charge in [0.15, 0.2) is 5.65 Å². The zero-order chi connectivity index (χ0) is 31.8. The summed E-state index contributed by atoms with van der Waals surface area (Å²) >= 11 is 0. The number of nitrogens with one attached hydrogen (secondary N) is 1. The first-order valence-electron chi connectivity index (χ1n) is 15.2. The van der Waals surface area contributed by atoms with Crippen LogP contribution in [0.5, 0.6) is 0 Å². The van der Waals surface area contributed by atoms with Crippen LogP contribution in [-0.2, 0) is 0 Å². The maximum atomic E-state index is 14.4. The molecule has 0 radical (unpaired) electrons. The molecule has 1 atom stereocenters. The minimum absolute atomic E-state index is 0.148. The Kier molecular flexibility index (Phi) is 7.66. The molecule has 1 aliphatic rings. The molecule has 1 unspecified atom stereocenters. The SMILES string of the molecule is Cc1nn2cccnc2c1C(=O)NC(C)c1cc2cccc(C#Cc3cnn(C4CN(CCO)C4)c3)c2c(=O)n1-c1ccccc1. The number of nitrogens with zero attached hydrogens (tertiary/aromatic N) is 7. The molecule has 2 aromatic carbocycles. The Hall–Kier alpha value is -5.57. The Balaban J connectivity index is 1.25. The molecule has 11 nitrogen and oxygen atoms in total. The van der Waals surface area contributed by atoms with Gasteiger partial charge in [0.25, 0.3) is 11.5 Å². The monoisotopic (exact) mass is 612 g/mol. The highest BCUT2D eigenvalue weighted by atomic mass is 16.3. The summed E-state index contributed by atoms with van der Waals surface area (Å²) in [5.74, 6) is 6.08. The third kappa shape index (κ3) is 5.34. The first-order valence-corrected chi connectivity index (χ1v) is 15.2. The lowest BCUT2D eigenvalue weighted by molar-refractivity contribution is 0.0774. The van der Waals surface area contributed by atoms with Crippen LogP contribution in [0.25, 0.3) is 22.1 Å². The van der Waals surface area contributed by atoms with Crippen molar-refractivity contribution < 1.29 is 9.90 Å². The summed E-state index contributed by atoms with van der Waals surface area (Å²) < 4.78 is 5.14. The number of aliphatic hydroxyl groups excluding tert-OH is 1. The Labute approximate surface area is 264 Å². The number of fused-ring (bicyclic) bond motifs is 2. The fraction of sp³-hybridized carbons (Fsp3) is 0.229. The highest BCUT2D eigenvalue weighted by Gasteiger charge is 2.28. The van der Waals surface area contributed by atoms with Crippen LogP contribution in [-0.4, -0.2) is 71.1 Å². The molecular weight excluding hydrogens is 580 g/mol. The molecule has 0 bridgehead atoms. The highest BCUT2D eigenvalue weighted by Crippen LogP contribution is 2.25. The largest absolute Gasteiger partial charge is 0.395 e. The molecule has 5 heterocycles. The minimum Gasteiger partial charge on any atom is -0.395 e. The molecule has 230 valence electrons. The first kappa shape index (κ1) is 29.2. The molecule has 2 N–H and O–H groups in total. The molecule has 1 saturated heterocycles. The van der Waals surface area contributed by atoms with Crippen molar-refractivity contribution >= 4 is 22.3 Å². The van der Waals surface area contributed by atoms with Gasteiger partial charge in [-0.15, -0.1) is 0 Å². The number of amides is 1. The van der Waals surface area contributed by atoms with Crippen LogP contribution in [0, 0.1) is 18.8 Å². The number of rotatable bonds is 7. The van der Waals surface area contributed by atoms with Crippen molar-refractivity contribution in [3.05, 3.63) is 124 Å². The van der Waals surface area contributed by atoms with Gasteiger partial charge >= 0.3 is 0 Å². The van der Waals surface area contributed by atoms with E-state index >= 15 is 0 Å². The van der Waals surface area contributed by atoms with E-state index in [1.54, 1.807) is 40.7 Å². The van der Waals surface area contributed by atoms with Gasteiger partial charge in [-0.05, 0) is 49.6 Å². The third-order valence-corrected chi connectivity index (χ3v) is 8.35. The predicted octanol–water partition coefficient (Wildman–Crippen LogP) is 3.28. The third-order valence-electron chi connectivity index (χ3n) is 8.35. The maximum absolute atomic E-state index is 14.4. The molecule has 1 amide bonds. The summed E-state index contributed by atoms with van der Waals surface area (Å²) in [6, 6.07) is 18.4. The van der Waals surface area contributed by atoms with E-state index in [-0.39, 0.29) is 24.1 Å². The van der Waals surface area contributed by atoms with Crippen molar-refractivity contribution in [2.24, 2.45) is 0 Å². The van der Waals surface area contributed by atoms with Crippen LogP contribution in [0.2, 0.25) is 0 Å². The van der Waals surface area contributed by atoms with E-state index < -0.39 is 6.04 Å². The molecule has 4 aromatic heterocycles. The van der Waals surface area contributed by atoms with Crippen molar-refractivity contribution in [2.75, 3.05) is 26.2 Å². The topological polar surface area (TPSA) is 123 Å². The van der Waals surface area contributed by atoms with Gasteiger partial charge in [-0.2, -0.15) is 10.2 Å². The van der Waals surface area contributed by atoms with E-state index in [0.717, 1.165) is 24.0 Å². The van der Waals surface area contributed by atoms with Crippen LogP contribution < -0.4 is 10.9 Å². The average Bonchev–Trinajstić information content (AvgIpc) is 3.65. The molecule has 0 spiro atoms. The smallest absolute Gasteiger partial charge is 0.264 e. The summed E-state index contributed by atoms with van der Waals surface area (Å²) in [4.78, 5) is 34.5. The predicted molar refractivity (Wildman–Crippen MR) is 174 cm³/mol. The molecule has 46 heavy (non-hydrogen) atoms. The van der Waals surface area contributed by atoms with Gasteiger partial charge in [-0.3, -0.25) is 23.7 Å². The van der Waals surface area contributed by atoms with Gasteiger partial charge in [-0.1, -0.05) is 42.2 Å². The van der Waals surface area contributed by atoms with E-state index in [9.17, 15) is 9.59 Å². The number of para-hydroxylation sites is 1. The van der Waals surface area contributed by atoms with Crippen LogP contribution in [0.1, 0.15) is 51.9 Å². The lowest BCUT2D eigenvalue weighted by Gasteiger charge is -2.38. The van der Waals surface area contributed by atoms with E-state index in [1.165, 1.54) is 0 Å². The molecule has 1 aliphatic heterocycles. The quantitative estimate of drug-likeness (QED) is 0.266. The molecule has 0 aliphatic carbocycles. The van der Waals surface area contributed by atoms with Gasteiger partial charge in [0.05, 0.1) is 41.5 Å². The number of aromatic nitrogens is 6. The first-order chi connectivity index (χ1) is 22.4. The summed E-state index contributed by atoms with van der Waals surface area (Å²) in [6.07, 6.45) is 7.03. The zero-order valence-corrected chi connectivity index (χ0v) is 25.5. The van der Waals surface area contributed by atoms with E-state index in [1.807, 2.05) is 72.4 Å². The van der Waals surface area contributed by atoms with E-state index in [0.29, 0.717) is 45.8 Å². The number of hydrogen-bond donors (Lipinski definition) is 2. The summed E-state index contributed by atoms with van der Waals surface area (Å²) in [7, 11) is 0. The fourth-order valence-corrected chi connectivity index (χ4v) is 6.03. The highest BCUT2D eigenvalue weighted by molar-refractivity contribution is 6.01. The average molecular weight is 613 g/mol. The standard InChI is InChI=1S/C35H32N8O3/c1-23(38-34(45)31-24(2)39-41-15-7-14-36-33(31)41)30-18-27-9-6-8-26(32(27)35(46)43(30)28-10-4-3-5-11-28)13-12-25-19-37-42(20-25)29-21-40(22-29)16-17-44/h3-11,14-15,18-20,23,29,44H,16-17,21-22H2,1-2H3,(H,38,45). The summed E-state index contributed by atoms with van der Waals surface area (Å²) in [6.45, 7) is 6.13. The minimum atomic E-state index is -0.539. The second kappa shape index (κ2) is 12.1. The van der Waals surface area contributed by atoms with Gasteiger partial charge < -0.3 is 10.4 Å². The number of hydrogen-bond acceptors (Lipinski definition) is 7. The number of carbonyl (C=O) groups excluding carboxylic acids is 1. The van der Waals surface area contributed by atoms with Crippen molar-refractivity contribution in [3.8, 4) is 17.5 Å². The zero-order valence-electron chi connectivity index (χ0n) is 25.5. The van der Waals surface area contributed by atoms with Crippen molar-refractivity contribution in [1.82, 2.24) is 39.2 Å². The number of aliphatic hydroxyl groups is 1. The number of benzene rings is 2. The van der Waals surface area contributed by atoms with Crippen molar-refractivity contribution in [3.63, 3.8) is 0 Å². The number of aryl methyl sites for hydroxylation is 1. The van der Waals surface area contributed by atoms with Gasteiger partial charge in [-0.25, -0.2) is 9.50 Å². The van der Waals surface area contributed by atoms with Crippen LogP contribution >= 0.6 is 0 Å². The van der Waals surface area contributed by atoms with Gasteiger partial charge in [0.2, 0.25) is 0 Å². The summed E-state index contributed by atoms with van der Waals surface area (Å²) in [5, 5.41) is 22.4. The van der Waals surface area contributed by atoms with Gasteiger partial charge in [0, 0.05) is 55.2 Å². The van der Waals surface area contributed by atoms with Crippen LogP contribution in [0.3, 0.4) is 0 Å². The van der Waals surface area contributed by atoms with Crippen LogP contribution in [0.15, 0.2) is 90.2 Å². The Bertz CT molecular complexity index is 2200. The van der Waals surface area contributed by atoms with E-state index in [4.69, 9.17) is 5.11 Å². The Morgan fingerprint density at radius 1 is 1.11 bits per heavy atom. The summed E-state index contributed by atoms with van der Waals surface area (Å²) in [5.41, 5.74) is 3.86. The van der Waals surface area contributed by atoms with E-state index in [2.05, 4.69) is 37.2 Å². The molecule has 1 fully saturated rings. The molecule has 7 rings (SSSR count). The number of β-amino-alcohol motifs (C(OH)–C–C–N with tert-alkyl or cyclic N) is 1. The molecular formula is C35H32N8O3. The lowest BCUT2D eigenvalue weighted by atomic mass is 10.0. The normalized spacial score (nSPS) is 14.2. The molecule has 6 aromatic rings. The number of likely N-dealkylation sites (tertiary alicyclic amines) is 1. The lowest BCUT2D eigenvalue weighted by Crippen LogP contribution is -2.48. The van der Waals surface area contributed by atoms with Gasteiger partial charge in [0.1, 0.15) is 5.56 Å². The number of pyridine rings is 1. The second-order valence-corrected chi connectivity index (χ2v) is 11.5. The second-order valence-electron chi connectivity index (χ2n) is 11.5. The van der Waals surface area contributed by atoms with Crippen molar-refractivity contribution in [1.29, 1.82) is 0 Å².